The molecule has 1 fully saturated rings. The molecule has 102 valence electrons. The maximum Gasteiger partial charge on any atom is 0.0640 e. The number of aliphatic hydroxyl groups is 1. The van der Waals surface area contributed by atoms with Gasteiger partial charge in [0.25, 0.3) is 0 Å². The van der Waals surface area contributed by atoms with Crippen LogP contribution in [0.15, 0.2) is 12.4 Å². The van der Waals surface area contributed by atoms with Crippen LogP contribution in [0.4, 0.5) is 0 Å². The minimum Gasteiger partial charge on any atom is -0.394 e. The number of likely N-dealkylation sites (N-methyl/N-ethyl adjacent to an activating group) is 1. The van der Waals surface area contributed by atoms with Gasteiger partial charge in [0.15, 0.2) is 0 Å². The van der Waals surface area contributed by atoms with Crippen LogP contribution < -0.4 is 5.32 Å². The number of nitrogens with zero attached hydrogens (tertiary/aromatic N) is 3. The monoisotopic (exact) mass is 252 g/mol. The highest BCUT2D eigenvalue weighted by atomic mass is 16.3. The maximum absolute atomic E-state index is 8.82. The van der Waals surface area contributed by atoms with Crippen molar-refractivity contribution < 1.29 is 5.11 Å². The molecule has 0 spiro atoms. The van der Waals surface area contributed by atoms with Gasteiger partial charge in [0.1, 0.15) is 0 Å². The van der Waals surface area contributed by atoms with Crippen molar-refractivity contribution in [2.75, 3.05) is 26.7 Å². The van der Waals surface area contributed by atoms with Gasteiger partial charge in [-0.25, -0.2) is 0 Å². The summed E-state index contributed by atoms with van der Waals surface area (Å²) >= 11 is 0. The van der Waals surface area contributed by atoms with E-state index in [1.165, 1.54) is 31.4 Å². The number of nitrogens with one attached hydrogen (secondary N) is 1. The molecule has 0 aromatic carbocycles. The lowest BCUT2D eigenvalue weighted by atomic mass is 10.0. The third-order valence-electron chi connectivity index (χ3n) is 3.65. The Balaban J connectivity index is 1.70. The summed E-state index contributed by atoms with van der Waals surface area (Å²) in [4.78, 5) is 2.45. The minimum atomic E-state index is 0.140. The molecule has 1 saturated heterocycles. The van der Waals surface area contributed by atoms with Crippen molar-refractivity contribution in [3.63, 3.8) is 0 Å². The second kappa shape index (κ2) is 6.87. The Morgan fingerprint density at radius 1 is 1.50 bits per heavy atom. The summed E-state index contributed by atoms with van der Waals surface area (Å²) in [5.74, 6) is 0. The van der Waals surface area contributed by atoms with Crippen molar-refractivity contribution in [3.05, 3.63) is 18.0 Å². The summed E-state index contributed by atoms with van der Waals surface area (Å²) in [6.45, 7) is 3.84. The zero-order valence-electron chi connectivity index (χ0n) is 11.2. The summed E-state index contributed by atoms with van der Waals surface area (Å²) in [6, 6.07) is 0.672. The van der Waals surface area contributed by atoms with Gasteiger partial charge < -0.3 is 15.3 Å². The number of likely N-dealkylation sites (tertiary alicyclic amines) is 1. The molecule has 2 N–H and O–H groups in total. The smallest absolute Gasteiger partial charge is 0.0640 e. The van der Waals surface area contributed by atoms with Gasteiger partial charge >= 0.3 is 0 Å². The Morgan fingerprint density at radius 2 is 2.39 bits per heavy atom. The van der Waals surface area contributed by atoms with E-state index >= 15 is 0 Å². The summed E-state index contributed by atoms with van der Waals surface area (Å²) in [6.07, 6.45) is 7.85. The van der Waals surface area contributed by atoms with Gasteiger partial charge in [0.2, 0.25) is 0 Å². The highest BCUT2D eigenvalue weighted by molar-refractivity contribution is 5.03. The van der Waals surface area contributed by atoms with E-state index in [1.807, 2.05) is 12.4 Å². The molecule has 1 aromatic rings. The summed E-state index contributed by atoms with van der Waals surface area (Å²) in [5.41, 5.74) is 1.18. The van der Waals surface area contributed by atoms with Crippen molar-refractivity contribution in [1.82, 2.24) is 20.0 Å². The third-order valence-corrected chi connectivity index (χ3v) is 3.65. The lowest BCUT2D eigenvalue weighted by Crippen LogP contribution is -2.42. The molecule has 2 heterocycles. The van der Waals surface area contributed by atoms with Gasteiger partial charge in [-0.3, -0.25) is 4.68 Å². The molecule has 0 bridgehead atoms. The fourth-order valence-corrected chi connectivity index (χ4v) is 2.51. The lowest BCUT2D eigenvalue weighted by Gasteiger charge is -2.32. The molecule has 1 aliphatic rings. The average molecular weight is 252 g/mol. The van der Waals surface area contributed by atoms with Crippen LogP contribution >= 0.6 is 0 Å². The van der Waals surface area contributed by atoms with Crippen LogP contribution in [0.5, 0.6) is 0 Å². The first kappa shape index (κ1) is 13.5. The second-order valence-corrected chi connectivity index (χ2v) is 5.10. The number of aliphatic hydroxyl groups excluding tert-OH is 1. The zero-order chi connectivity index (χ0) is 12.8. The topological polar surface area (TPSA) is 53.3 Å². The summed E-state index contributed by atoms with van der Waals surface area (Å²) < 4.78 is 1.78. The van der Waals surface area contributed by atoms with E-state index in [1.54, 1.807) is 4.68 Å². The fourth-order valence-electron chi connectivity index (χ4n) is 2.51. The Labute approximate surface area is 109 Å². The summed E-state index contributed by atoms with van der Waals surface area (Å²) in [5, 5.41) is 16.5. The lowest BCUT2D eigenvalue weighted by molar-refractivity contribution is 0.181. The van der Waals surface area contributed by atoms with Crippen LogP contribution in [0, 0.1) is 0 Å². The van der Waals surface area contributed by atoms with Gasteiger partial charge in [-0.2, -0.15) is 5.10 Å². The molecular formula is C13H24N4O. The largest absolute Gasteiger partial charge is 0.394 e. The molecule has 18 heavy (non-hydrogen) atoms. The predicted octanol–water partition coefficient (Wildman–Crippen LogP) is 0.449. The van der Waals surface area contributed by atoms with Crippen LogP contribution in [0.3, 0.4) is 0 Å². The SMILES string of the molecule is CN1CCCCC1CNCc1cnn(CCO)c1. The van der Waals surface area contributed by atoms with Gasteiger partial charge in [-0.05, 0) is 26.4 Å². The highest BCUT2D eigenvalue weighted by Crippen LogP contribution is 2.14. The molecule has 1 unspecified atom stereocenters. The number of hydrogen-bond donors (Lipinski definition) is 2. The molecule has 0 aliphatic carbocycles. The van der Waals surface area contributed by atoms with Crippen LogP contribution in [-0.2, 0) is 13.1 Å². The number of hydrogen-bond acceptors (Lipinski definition) is 4. The highest BCUT2D eigenvalue weighted by Gasteiger charge is 2.17. The normalized spacial score (nSPS) is 21.3. The van der Waals surface area contributed by atoms with E-state index in [0.717, 1.165) is 13.1 Å². The molecular weight excluding hydrogens is 228 g/mol. The van der Waals surface area contributed by atoms with Crippen molar-refractivity contribution in [2.45, 2.75) is 38.4 Å². The van der Waals surface area contributed by atoms with E-state index in [-0.39, 0.29) is 6.61 Å². The first-order valence-corrected chi connectivity index (χ1v) is 6.83. The number of piperidine rings is 1. The van der Waals surface area contributed by atoms with Crippen LogP contribution in [0.25, 0.3) is 0 Å². The Kier molecular flexibility index (Phi) is 5.16. The van der Waals surface area contributed by atoms with Gasteiger partial charge in [0.05, 0.1) is 19.3 Å². The molecule has 1 atom stereocenters. The first-order chi connectivity index (χ1) is 8.79. The Morgan fingerprint density at radius 3 is 3.17 bits per heavy atom. The van der Waals surface area contributed by atoms with E-state index in [9.17, 15) is 0 Å². The maximum atomic E-state index is 8.82. The molecule has 0 saturated carbocycles. The van der Waals surface area contributed by atoms with Crippen molar-refractivity contribution >= 4 is 0 Å². The number of rotatable bonds is 6. The van der Waals surface area contributed by atoms with E-state index in [4.69, 9.17) is 5.11 Å². The second-order valence-electron chi connectivity index (χ2n) is 5.10. The number of aromatic nitrogens is 2. The van der Waals surface area contributed by atoms with E-state index < -0.39 is 0 Å². The van der Waals surface area contributed by atoms with Crippen LogP contribution in [0.1, 0.15) is 24.8 Å². The van der Waals surface area contributed by atoms with Crippen LogP contribution in [0.2, 0.25) is 0 Å². The quantitative estimate of drug-likeness (QED) is 0.772. The Hall–Kier alpha value is -0.910. The molecule has 1 aromatic heterocycles. The standard InChI is InChI=1S/C13H24N4O/c1-16-5-3-2-4-13(16)10-14-8-12-9-15-17(11-12)6-7-18/h9,11,13-14,18H,2-8,10H2,1H3. The van der Waals surface area contributed by atoms with Gasteiger partial charge in [0, 0.05) is 30.9 Å². The molecule has 0 amide bonds. The third kappa shape index (κ3) is 3.80. The average Bonchev–Trinajstić information content (AvgIpc) is 2.80. The Bertz CT molecular complexity index is 353. The first-order valence-electron chi connectivity index (χ1n) is 6.83. The molecule has 0 radical (unpaired) electrons. The fraction of sp³-hybridized carbons (Fsp3) is 0.769. The van der Waals surface area contributed by atoms with Gasteiger partial charge in [-0.15, -0.1) is 0 Å². The van der Waals surface area contributed by atoms with Crippen molar-refractivity contribution in [3.8, 4) is 0 Å². The molecule has 5 nitrogen and oxygen atoms in total. The van der Waals surface area contributed by atoms with Crippen molar-refractivity contribution in [2.24, 2.45) is 0 Å². The van der Waals surface area contributed by atoms with E-state index in [2.05, 4.69) is 22.4 Å². The van der Waals surface area contributed by atoms with Crippen molar-refractivity contribution in [1.29, 1.82) is 0 Å². The predicted molar refractivity (Wildman–Crippen MR) is 71.3 cm³/mol. The molecule has 2 rings (SSSR count). The minimum absolute atomic E-state index is 0.140. The summed E-state index contributed by atoms with van der Waals surface area (Å²) in [7, 11) is 2.21. The van der Waals surface area contributed by atoms with Gasteiger partial charge in [-0.1, -0.05) is 6.42 Å². The van der Waals surface area contributed by atoms with E-state index in [0.29, 0.717) is 12.6 Å². The van der Waals surface area contributed by atoms with Crippen LogP contribution in [-0.4, -0.2) is 52.6 Å². The molecule has 1 aliphatic heterocycles. The molecule has 5 heteroatoms. The zero-order valence-corrected chi connectivity index (χ0v) is 11.2.